The van der Waals surface area contributed by atoms with Crippen LogP contribution in [0.15, 0.2) is 34.9 Å². The number of Topliss-reactive ketones (excluding diaryl/α,β-unsaturated/α-hetero) is 1. The molecular weight excluding hydrogens is 510 g/mol. The number of likely N-dealkylation sites (tertiary alicyclic amines) is 1. The Balaban J connectivity index is 1.25. The SMILES string of the molecule is CC(=O)c1nn(CC(=O)N2C(C(=O)Nc3cc4c(c(Br)n3)CCC4)C[C@@]3(C)C[C@@H]23)c2ccccc12. The number of aromatic nitrogens is 3. The normalized spacial score (nSPS) is 24.4. The molecule has 2 amide bonds. The summed E-state index contributed by atoms with van der Waals surface area (Å²) >= 11 is 3.54. The van der Waals surface area contributed by atoms with Crippen molar-refractivity contribution >= 4 is 50.2 Å². The van der Waals surface area contributed by atoms with Gasteiger partial charge in [0.05, 0.1) is 5.52 Å². The fraction of sp³-hybridized carbons (Fsp3) is 0.423. The highest BCUT2D eigenvalue weighted by molar-refractivity contribution is 9.10. The Morgan fingerprint density at radius 2 is 2.00 bits per heavy atom. The molecule has 9 heteroatoms. The zero-order chi connectivity index (χ0) is 24.5. The monoisotopic (exact) mass is 535 g/mol. The van der Waals surface area contributed by atoms with Gasteiger partial charge in [0.1, 0.15) is 28.7 Å². The van der Waals surface area contributed by atoms with Gasteiger partial charge in [-0.15, -0.1) is 0 Å². The molecule has 2 aromatic heterocycles. The molecule has 3 aromatic rings. The standard InChI is InChI=1S/C26H26BrN5O3/c1-14(33)23-17-7-3-4-9-18(17)31(30-23)13-22(34)32-19(11-26(2)12-20(26)32)25(35)29-21-10-15-6-5-8-16(15)24(27)28-21/h3-4,7,9-10,19-20H,5-6,8,11-13H2,1-2H3,(H,28,29,35)/t19?,20-,26+/m1/s1. The summed E-state index contributed by atoms with van der Waals surface area (Å²) in [6, 6.07) is 8.84. The van der Waals surface area contributed by atoms with Crippen molar-refractivity contribution < 1.29 is 14.4 Å². The highest BCUT2D eigenvalue weighted by Crippen LogP contribution is 2.59. The number of hydrogen-bond acceptors (Lipinski definition) is 5. The molecule has 180 valence electrons. The number of carbonyl (C=O) groups excluding carboxylic acids is 3. The van der Waals surface area contributed by atoms with E-state index >= 15 is 0 Å². The third-order valence-corrected chi connectivity index (χ3v) is 8.45. The van der Waals surface area contributed by atoms with E-state index in [1.54, 1.807) is 9.58 Å². The number of carbonyl (C=O) groups is 3. The molecule has 1 N–H and O–H groups in total. The fourth-order valence-corrected chi connectivity index (χ4v) is 6.53. The lowest BCUT2D eigenvalue weighted by atomic mass is 10.0. The van der Waals surface area contributed by atoms with Gasteiger partial charge in [-0.1, -0.05) is 25.1 Å². The van der Waals surface area contributed by atoms with Crippen LogP contribution in [0.3, 0.4) is 0 Å². The number of hydrogen-bond donors (Lipinski definition) is 1. The highest BCUT2D eigenvalue weighted by Gasteiger charge is 2.64. The number of nitrogens with zero attached hydrogens (tertiary/aromatic N) is 4. The average Bonchev–Trinajstić information content (AvgIpc) is 3.18. The van der Waals surface area contributed by atoms with Crippen molar-refractivity contribution in [3.05, 3.63) is 51.8 Å². The zero-order valence-corrected chi connectivity index (χ0v) is 21.3. The lowest BCUT2D eigenvalue weighted by Crippen LogP contribution is -2.46. The van der Waals surface area contributed by atoms with Crippen molar-refractivity contribution in [1.82, 2.24) is 19.7 Å². The summed E-state index contributed by atoms with van der Waals surface area (Å²) in [6.07, 6.45) is 4.58. The summed E-state index contributed by atoms with van der Waals surface area (Å²) < 4.78 is 2.37. The van der Waals surface area contributed by atoms with Crippen molar-refractivity contribution in [1.29, 1.82) is 0 Å². The van der Waals surface area contributed by atoms with E-state index in [4.69, 9.17) is 0 Å². The molecule has 3 heterocycles. The maximum absolute atomic E-state index is 13.6. The minimum absolute atomic E-state index is 0.0210. The first-order valence-corrected chi connectivity index (χ1v) is 12.8. The van der Waals surface area contributed by atoms with Gasteiger partial charge >= 0.3 is 0 Å². The number of fused-ring (bicyclic) bond motifs is 3. The number of piperidine rings is 1. The van der Waals surface area contributed by atoms with E-state index in [0.717, 1.165) is 41.2 Å². The van der Waals surface area contributed by atoms with Gasteiger partial charge in [-0.25, -0.2) is 4.98 Å². The van der Waals surface area contributed by atoms with Gasteiger partial charge in [-0.05, 0) is 76.7 Å². The minimum Gasteiger partial charge on any atom is -0.325 e. The maximum atomic E-state index is 13.6. The number of rotatable bonds is 5. The summed E-state index contributed by atoms with van der Waals surface area (Å²) in [5, 5.41) is 8.14. The minimum atomic E-state index is -0.561. The first kappa shape index (κ1) is 22.4. The van der Waals surface area contributed by atoms with Crippen LogP contribution >= 0.6 is 15.9 Å². The van der Waals surface area contributed by atoms with Gasteiger partial charge in [-0.2, -0.15) is 5.10 Å². The number of nitrogens with one attached hydrogen (secondary N) is 1. The van der Waals surface area contributed by atoms with E-state index in [0.29, 0.717) is 17.9 Å². The van der Waals surface area contributed by atoms with Crippen molar-refractivity contribution in [2.75, 3.05) is 5.32 Å². The second kappa shape index (κ2) is 7.98. The number of halogens is 1. The molecule has 35 heavy (non-hydrogen) atoms. The summed E-state index contributed by atoms with van der Waals surface area (Å²) in [5.41, 5.74) is 3.47. The van der Waals surface area contributed by atoms with Crippen molar-refractivity contribution in [3.8, 4) is 0 Å². The molecule has 0 spiro atoms. The number of aryl methyl sites for hydroxylation is 1. The number of para-hydroxylation sites is 1. The summed E-state index contributed by atoms with van der Waals surface area (Å²) in [4.78, 5) is 45.3. The fourth-order valence-electron chi connectivity index (χ4n) is 5.88. The lowest BCUT2D eigenvalue weighted by Gasteiger charge is -2.27. The molecule has 1 aliphatic heterocycles. The number of ketones is 1. The molecule has 0 radical (unpaired) electrons. The molecule has 6 rings (SSSR count). The van der Waals surface area contributed by atoms with E-state index in [1.807, 2.05) is 30.3 Å². The first-order chi connectivity index (χ1) is 16.7. The Morgan fingerprint density at radius 1 is 1.20 bits per heavy atom. The molecule has 1 aromatic carbocycles. The lowest BCUT2D eigenvalue weighted by molar-refractivity contribution is -0.138. The smallest absolute Gasteiger partial charge is 0.248 e. The van der Waals surface area contributed by atoms with Gasteiger partial charge in [0, 0.05) is 18.4 Å². The van der Waals surface area contributed by atoms with Gasteiger partial charge in [-0.3, -0.25) is 19.1 Å². The zero-order valence-electron chi connectivity index (χ0n) is 19.7. The van der Waals surface area contributed by atoms with E-state index in [-0.39, 0.29) is 35.6 Å². The Labute approximate surface area is 211 Å². The second-order valence-electron chi connectivity index (χ2n) is 10.3. The van der Waals surface area contributed by atoms with Crippen LogP contribution in [0.4, 0.5) is 5.82 Å². The Bertz CT molecular complexity index is 1420. The van der Waals surface area contributed by atoms with Gasteiger partial charge < -0.3 is 10.2 Å². The molecule has 1 saturated heterocycles. The van der Waals surface area contributed by atoms with Crippen LogP contribution in [-0.2, 0) is 29.0 Å². The second-order valence-corrected chi connectivity index (χ2v) is 11.0. The number of benzene rings is 1. The van der Waals surface area contributed by atoms with Gasteiger partial charge in [0.25, 0.3) is 0 Å². The molecule has 2 fully saturated rings. The number of pyridine rings is 1. The molecule has 3 atom stereocenters. The van der Waals surface area contributed by atoms with Gasteiger partial charge in [0.2, 0.25) is 11.8 Å². The summed E-state index contributed by atoms with van der Waals surface area (Å²) in [6.45, 7) is 3.59. The van der Waals surface area contributed by atoms with Crippen LogP contribution in [0, 0.1) is 5.41 Å². The van der Waals surface area contributed by atoms with Crippen LogP contribution in [0.5, 0.6) is 0 Å². The molecule has 1 unspecified atom stereocenters. The maximum Gasteiger partial charge on any atom is 0.248 e. The van der Waals surface area contributed by atoms with Crippen LogP contribution in [-0.4, -0.2) is 49.3 Å². The summed E-state index contributed by atoms with van der Waals surface area (Å²) in [7, 11) is 0. The van der Waals surface area contributed by atoms with E-state index in [2.05, 4.69) is 38.3 Å². The Morgan fingerprint density at radius 3 is 2.80 bits per heavy atom. The van der Waals surface area contributed by atoms with Crippen molar-refractivity contribution in [2.24, 2.45) is 5.41 Å². The quantitative estimate of drug-likeness (QED) is 0.394. The third kappa shape index (κ3) is 3.67. The number of amides is 2. The number of anilines is 1. The topological polar surface area (TPSA) is 97.2 Å². The van der Waals surface area contributed by atoms with E-state index in [1.165, 1.54) is 18.1 Å². The van der Waals surface area contributed by atoms with Crippen LogP contribution < -0.4 is 5.32 Å². The van der Waals surface area contributed by atoms with Crippen molar-refractivity contribution in [2.45, 2.75) is 64.6 Å². The third-order valence-electron chi connectivity index (χ3n) is 7.79. The van der Waals surface area contributed by atoms with Gasteiger partial charge in [0.15, 0.2) is 5.78 Å². The molecule has 8 nitrogen and oxygen atoms in total. The Kier molecular flexibility index (Phi) is 5.11. The Hall–Kier alpha value is -3.07. The largest absolute Gasteiger partial charge is 0.325 e. The predicted octanol–water partition coefficient (Wildman–Crippen LogP) is 3.90. The first-order valence-electron chi connectivity index (χ1n) is 12.0. The molecule has 2 aliphatic carbocycles. The molecule has 0 bridgehead atoms. The molecule has 3 aliphatic rings. The van der Waals surface area contributed by atoms with E-state index < -0.39 is 6.04 Å². The average molecular weight is 536 g/mol. The van der Waals surface area contributed by atoms with Crippen LogP contribution in [0.1, 0.15) is 54.7 Å². The van der Waals surface area contributed by atoms with Crippen molar-refractivity contribution in [3.63, 3.8) is 0 Å². The van der Waals surface area contributed by atoms with E-state index in [9.17, 15) is 14.4 Å². The molecular formula is C26H26BrN5O3. The molecule has 1 saturated carbocycles. The predicted molar refractivity (Wildman–Crippen MR) is 134 cm³/mol. The summed E-state index contributed by atoms with van der Waals surface area (Å²) in [5.74, 6) is 0.000107. The van der Waals surface area contributed by atoms with Crippen LogP contribution in [0.2, 0.25) is 0 Å². The highest BCUT2D eigenvalue weighted by atomic mass is 79.9. The van der Waals surface area contributed by atoms with Crippen LogP contribution in [0.25, 0.3) is 10.9 Å².